The molecule has 0 amide bonds. The van der Waals surface area contributed by atoms with Crippen LogP contribution in [-0.2, 0) is 4.74 Å². The molecular formula is C9H7FN4O2S. The minimum atomic E-state index is -0.523. The van der Waals surface area contributed by atoms with E-state index in [4.69, 9.17) is 0 Å². The summed E-state index contributed by atoms with van der Waals surface area (Å²) in [5, 5.41) is 4.71. The Kier molecular flexibility index (Phi) is 3.24. The summed E-state index contributed by atoms with van der Waals surface area (Å²) in [5.74, 6) is -0.837. The van der Waals surface area contributed by atoms with Gasteiger partial charge in [-0.15, -0.1) is 11.3 Å². The number of methoxy groups -OCH3 is 1. The predicted molar refractivity (Wildman–Crippen MR) is 58.7 cm³/mol. The molecule has 6 nitrogen and oxygen atoms in total. The number of carbonyl (C=O) groups excluding carboxylic acids is 1. The van der Waals surface area contributed by atoms with Gasteiger partial charge in [-0.05, 0) is 0 Å². The highest BCUT2D eigenvalue weighted by molar-refractivity contribution is 7.14. The van der Waals surface area contributed by atoms with E-state index in [0.717, 1.165) is 12.4 Å². The summed E-state index contributed by atoms with van der Waals surface area (Å²) in [6.45, 7) is 0. The third kappa shape index (κ3) is 2.72. The van der Waals surface area contributed by atoms with Gasteiger partial charge in [-0.3, -0.25) is 0 Å². The van der Waals surface area contributed by atoms with E-state index in [0.29, 0.717) is 5.13 Å². The highest BCUT2D eigenvalue weighted by Crippen LogP contribution is 2.18. The van der Waals surface area contributed by atoms with Crippen LogP contribution in [0.25, 0.3) is 0 Å². The molecule has 1 N–H and O–H groups in total. The maximum Gasteiger partial charge on any atom is 0.357 e. The Morgan fingerprint density at radius 1 is 1.47 bits per heavy atom. The summed E-state index contributed by atoms with van der Waals surface area (Å²) in [4.78, 5) is 22.5. The summed E-state index contributed by atoms with van der Waals surface area (Å²) in [5.41, 5.74) is 0.196. The molecule has 0 atom stereocenters. The van der Waals surface area contributed by atoms with E-state index < -0.39 is 11.8 Å². The third-order valence-electron chi connectivity index (χ3n) is 1.74. The molecule has 8 heteroatoms. The quantitative estimate of drug-likeness (QED) is 0.838. The molecule has 0 bridgehead atoms. The van der Waals surface area contributed by atoms with Gasteiger partial charge in [-0.25, -0.2) is 24.1 Å². The second-order valence-electron chi connectivity index (χ2n) is 2.88. The van der Waals surface area contributed by atoms with Crippen LogP contribution >= 0.6 is 11.3 Å². The van der Waals surface area contributed by atoms with Gasteiger partial charge in [0.1, 0.15) is 0 Å². The molecule has 17 heavy (non-hydrogen) atoms. The minimum Gasteiger partial charge on any atom is -0.464 e. The zero-order valence-electron chi connectivity index (χ0n) is 8.68. The fourth-order valence-corrected chi connectivity index (χ4v) is 1.68. The number of hydrogen-bond acceptors (Lipinski definition) is 7. The lowest BCUT2D eigenvalue weighted by Gasteiger charge is -1.98. The summed E-state index contributed by atoms with van der Waals surface area (Å²) >= 11 is 1.20. The lowest BCUT2D eigenvalue weighted by Crippen LogP contribution is -2.02. The molecule has 0 saturated carbocycles. The van der Waals surface area contributed by atoms with E-state index in [1.54, 1.807) is 0 Å². The SMILES string of the molecule is COC(=O)c1csc(Nc2ncc(F)cn2)n1. The molecule has 0 aliphatic heterocycles. The predicted octanol–water partition coefficient (Wildman–Crippen LogP) is 1.60. The van der Waals surface area contributed by atoms with Crippen molar-refractivity contribution in [1.29, 1.82) is 0 Å². The van der Waals surface area contributed by atoms with Crippen LogP contribution in [0.1, 0.15) is 10.5 Å². The van der Waals surface area contributed by atoms with Crippen LogP contribution < -0.4 is 5.32 Å². The largest absolute Gasteiger partial charge is 0.464 e. The van der Waals surface area contributed by atoms with Gasteiger partial charge in [0, 0.05) is 5.38 Å². The van der Waals surface area contributed by atoms with Gasteiger partial charge in [0.25, 0.3) is 0 Å². The number of nitrogens with zero attached hydrogens (tertiary/aromatic N) is 3. The van der Waals surface area contributed by atoms with Crippen molar-refractivity contribution in [3.8, 4) is 0 Å². The zero-order valence-corrected chi connectivity index (χ0v) is 9.49. The van der Waals surface area contributed by atoms with Crippen molar-refractivity contribution < 1.29 is 13.9 Å². The summed E-state index contributed by atoms with van der Waals surface area (Å²) in [6.07, 6.45) is 2.06. The number of nitrogens with one attached hydrogen (secondary N) is 1. The van der Waals surface area contributed by atoms with Crippen LogP contribution in [0.4, 0.5) is 15.5 Å². The molecule has 2 heterocycles. The summed E-state index contributed by atoms with van der Waals surface area (Å²) < 4.78 is 17.1. The van der Waals surface area contributed by atoms with Crippen molar-refractivity contribution in [1.82, 2.24) is 15.0 Å². The second kappa shape index (κ2) is 4.83. The average Bonchev–Trinajstić information content (AvgIpc) is 2.80. The first-order valence-electron chi connectivity index (χ1n) is 4.47. The fourth-order valence-electron chi connectivity index (χ4n) is 1.00. The van der Waals surface area contributed by atoms with Gasteiger partial charge in [0.15, 0.2) is 16.6 Å². The second-order valence-corrected chi connectivity index (χ2v) is 3.74. The lowest BCUT2D eigenvalue weighted by molar-refractivity contribution is 0.0595. The Hall–Kier alpha value is -2.09. The van der Waals surface area contributed by atoms with E-state index in [1.807, 2.05) is 0 Å². The molecule has 0 saturated heterocycles. The normalized spacial score (nSPS) is 10.0. The Morgan fingerprint density at radius 2 is 2.18 bits per heavy atom. The summed E-state index contributed by atoms with van der Waals surface area (Å²) in [7, 11) is 1.28. The first kappa shape index (κ1) is 11.4. The van der Waals surface area contributed by atoms with Crippen LogP contribution in [-0.4, -0.2) is 28.0 Å². The monoisotopic (exact) mass is 254 g/mol. The summed E-state index contributed by atoms with van der Waals surface area (Å²) in [6, 6.07) is 0. The van der Waals surface area contributed by atoms with Gasteiger partial charge in [-0.2, -0.15) is 0 Å². The van der Waals surface area contributed by atoms with E-state index >= 15 is 0 Å². The van der Waals surface area contributed by atoms with Gasteiger partial charge in [-0.1, -0.05) is 0 Å². The number of carbonyl (C=O) groups is 1. The Bertz CT molecular complexity index is 528. The van der Waals surface area contributed by atoms with Crippen LogP contribution in [0.3, 0.4) is 0 Å². The van der Waals surface area contributed by atoms with Gasteiger partial charge < -0.3 is 10.1 Å². The van der Waals surface area contributed by atoms with Crippen molar-refractivity contribution in [2.45, 2.75) is 0 Å². The average molecular weight is 254 g/mol. The highest BCUT2D eigenvalue weighted by atomic mass is 32.1. The molecular weight excluding hydrogens is 247 g/mol. The first-order valence-corrected chi connectivity index (χ1v) is 5.35. The van der Waals surface area contributed by atoms with Crippen LogP contribution in [0, 0.1) is 5.82 Å². The van der Waals surface area contributed by atoms with Crippen molar-refractivity contribution in [3.63, 3.8) is 0 Å². The molecule has 0 radical (unpaired) electrons. The fraction of sp³-hybridized carbons (Fsp3) is 0.111. The molecule has 0 aromatic carbocycles. The van der Waals surface area contributed by atoms with E-state index in [1.165, 1.54) is 23.8 Å². The van der Waals surface area contributed by atoms with Crippen molar-refractivity contribution in [3.05, 3.63) is 29.3 Å². The molecule has 2 aromatic heterocycles. The highest BCUT2D eigenvalue weighted by Gasteiger charge is 2.11. The van der Waals surface area contributed by atoms with Gasteiger partial charge in [0.05, 0.1) is 19.5 Å². The third-order valence-corrected chi connectivity index (χ3v) is 2.50. The molecule has 0 fully saturated rings. The van der Waals surface area contributed by atoms with E-state index in [-0.39, 0.29) is 11.6 Å². The Labute approximate surface area is 99.5 Å². The van der Waals surface area contributed by atoms with E-state index in [2.05, 4.69) is 25.0 Å². The smallest absolute Gasteiger partial charge is 0.357 e. The molecule has 88 valence electrons. The van der Waals surface area contributed by atoms with E-state index in [9.17, 15) is 9.18 Å². The number of hydrogen-bond donors (Lipinski definition) is 1. The number of halogens is 1. The lowest BCUT2D eigenvalue weighted by atomic mass is 10.5. The maximum absolute atomic E-state index is 12.6. The minimum absolute atomic E-state index is 0.196. The van der Waals surface area contributed by atoms with Crippen LogP contribution in [0.5, 0.6) is 0 Å². The molecule has 0 aliphatic carbocycles. The molecule has 0 unspecified atom stereocenters. The molecule has 0 aliphatic rings. The molecule has 2 rings (SSSR count). The van der Waals surface area contributed by atoms with Crippen molar-refractivity contribution >= 4 is 28.4 Å². The number of aromatic nitrogens is 3. The number of esters is 1. The topological polar surface area (TPSA) is 77.0 Å². The van der Waals surface area contributed by atoms with Crippen molar-refractivity contribution in [2.24, 2.45) is 0 Å². The number of rotatable bonds is 3. The zero-order chi connectivity index (χ0) is 12.3. The number of thiazole rings is 1. The van der Waals surface area contributed by atoms with Gasteiger partial charge in [0.2, 0.25) is 5.95 Å². The number of ether oxygens (including phenoxy) is 1. The van der Waals surface area contributed by atoms with Crippen LogP contribution in [0.2, 0.25) is 0 Å². The Balaban J connectivity index is 2.11. The maximum atomic E-state index is 12.6. The Morgan fingerprint density at radius 3 is 2.82 bits per heavy atom. The molecule has 0 spiro atoms. The molecule has 2 aromatic rings. The van der Waals surface area contributed by atoms with Crippen molar-refractivity contribution in [2.75, 3.05) is 12.4 Å². The number of anilines is 2. The first-order chi connectivity index (χ1) is 8.19. The standard InChI is InChI=1S/C9H7FN4O2S/c1-16-7(15)6-4-17-9(13-6)14-8-11-2-5(10)3-12-8/h2-4H,1H3,(H,11,12,13,14). The van der Waals surface area contributed by atoms with Crippen LogP contribution in [0.15, 0.2) is 17.8 Å². The van der Waals surface area contributed by atoms with Gasteiger partial charge >= 0.3 is 5.97 Å².